The van der Waals surface area contributed by atoms with E-state index in [1.807, 2.05) is 6.07 Å². The van der Waals surface area contributed by atoms with Crippen LogP contribution in [0.2, 0.25) is 0 Å². The van der Waals surface area contributed by atoms with E-state index in [1.54, 1.807) is 7.11 Å². The fourth-order valence-electron chi connectivity index (χ4n) is 0.902. The summed E-state index contributed by atoms with van der Waals surface area (Å²) in [5.41, 5.74) is 5.38. The molecule has 15 heavy (non-hydrogen) atoms. The number of rotatable bonds is 10. The molecule has 0 aromatic heterocycles. The van der Waals surface area contributed by atoms with Crippen molar-refractivity contribution in [3.05, 3.63) is 0 Å². The van der Waals surface area contributed by atoms with Crippen LogP contribution >= 0.6 is 0 Å². The predicted molar refractivity (Wildman–Crippen MR) is 56.3 cm³/mol. The smallest absolute Gasteiger partial charge is 0.0950 e. The van der Waals surface area contributed by atoms with Crippen molar-refractivity contribution in [2.24, 2.45) is 5.73 Å². The number of hydrogen-bond acceptors (Lipinski definition) is 5. The summed E-state index contributed by atoms with van der Waals surface area (Å²) in [6, 6.07) is 1.52. The van der Waals surface area contributed by atoms with Crippen LogP contribution in [0, 0.1) is 11.3 Å². The number of nitrogens with two attached hydrogens (primary N) is 1. The Balaban J connectivity index is 2.96. The third kappa shape index (κ3) is 11.3. The van der Waals surface area contributed by atoms with Crippen LogP contribution in [0.25, 0.3) is 0 Å². The minimum atomic E-state index is -0.423. The Labute approximate surface area is 91.1 Å². The predicted octanol–water partition coefficient (Wildman–Crippen LogP) is 0.297. The fraction of sp³-hybridized carbons (Fsp3) is 0.900. The van der Waals surface area contributed by atoms with E-state index >= 15 is 0 Å². The first-order chi connectivity index (χ1) is 7.31. The van der Waals surface area contributed by atoms with E-state index in [4.69, 9.17) is 25.2 Å². The van der Waals surface area contributed by atoms with Crippen molar-refractivity contribution < 1.29 is 14.2 Å². The van der Waals surface area contributed by atoms with Gasteiger partial charge in [-0.3, -0.25) is 0 Å². The van der Waals surface area contributed by atoms with Gasteiger partial charge in [0, 0.05) is 26.9 Å². The molecule has 0 aliphatic rings. The number of methoxy groups -OCH3 is 1. The lowest BCUT2D eigenvalue weighted by molar-refractivity contribution is 0.0387. The van der Waals surface area contributed by atoms with Crippen LogP contribution in [0.1, 0.15) is 12.8 Å². The quantitative estimate of drug-likeness (QED) is 0.531. The molecule has 0 aromatic carbocycles. The zero-order valence-corrected chi connectivity index (χ0v) is 9.28. The van der Waals surface area contributed by atoms with Crippen LogP contribution in [0.15, 0.2) is 0 Å². The van der Waals surface area contributed by atoms with Crippen LogP contribution in [-0.4, -0.2) is 46.2 Å². The average Bonchev–Trinajstić information content (AvgIpc) is 2.26. The molecular formula is C10H20N2O3. The maximum absolute atomic E-state index is 8.39. The molecule has 0 aliphatic carbocycles. The topological polar surface area (TPSA) is 77.5 Å². The highest BCUT2D eigenvalue weighted by Gasteiger charge is 1.98. The Morgan fingerprint density at radius 3 is 2.40 bits per heavy atom. The van der Waals surface area contributed by atoms with Crippen molar-refractivity contribution in [3.63, 3.8) is 0 Å². The van der Waals surface area contributed by atoms with Crippen LogP contribution < -0.4 is 5.73 Å². The minimum absolute atomic E-state index is 0.423. The first kappa shape index (κ1) is 14.3. The molecule has 0 saturated heterocycles. The lowest BCUT2D eigenvalue weighted by atomic mass is 10.3. The third-order valence-corrected chi connectivity index (χ3v) is 1.75. The summed E-state index contributed by atoms with van der Waals surface area (Å²) in [6.07, 6.45) is 1.47. The van der Waals surface area contributed by atoms with Crippen molar-refractivity contribution in [2.45, 2.75) is 18.9 Å². The molecule has 0 bridgehead atoms. The minimum Gasteiger partial charge on any atom is -0.385 e. The number of hydrogen-bond donors (Lipinski definition) is 1. The van der Waals surface area contributed by atoms with Gasteiger partial charge in [-0.15, -0.1) is 0 Å². The normalized spacial score (nSPS) is 12.3. The fourth-order valence-corrected chi connectivity index (χ4v) is 0.902. The molecule has 88 valence electrons. The molecule has 0 saturated carbocycles. The second kappa shape index (κ2) is 11.4. The molecule has 0 fully saturated rings. The Bertz CT molecular complexity index is 171. The Kier molecular flexibility index (Phi) is 10.9. The van der Waals surface area contributed by atoms with Crippen molar-refractivity contribution in [1.29, 1.82) is 5.26 Å². The highest BCUT2D eigenvalue weighted by atomic mass is 16.5. The number of nitrogens with zero attached hydrogens (tertiary/aromatic N) is 1. The second-order valence-corrected chi connectivity index (χ2v) is 3.10. The SMILES string of the molecule is COCCCOCCOCCC(N)C#N. The maximum atomic E-state index is 8.39. The molecule has 5 heteroatoms. The van der Waals surface area contributed by atoms with Gasteiger partial charge < -0.3 is 19.9 Å². The van der Waals surface area contributed by atoms with E-state index in [0.29, 0.717) is 32.8 Å². The molecule has 0 amide bonds. The summed E-state index contributed by atoms with van der Waals surface area (Å²) >= 11 is 0. The first-order valence-corrected chi connectivity index (χ1v) is 5.11. The number of ether oxygens (including phenoxy) is 3. The summed E-state index contributed by atoms with van der Waals surface area (Å²) < 4.78 is 15.4. The lowest BCUT2D eigenvalue weighted by Crippen LogP contribution is -2.20. The molecule has 2 N–H and O–H groups in total. The van der Waals surface area contributed by atoms with Crippen molar-refractivity contribution in [1.82, 2.24) is 0 Å². The Morgan fingerprint density at radius 1 is 1.13 bits per heavy atom. The summed E-state index contributed by atoms with van der Waals surface area (Å²) in [4.78, 5) is 0. The van der Waals surface area contributed by atoms with Gasteiger partial charge in [0.25, 0.3) is 0 Å². The van der Waals surface area contributed by atoms with Crippen LogP contribution in [0.3, 0.4) is 0 Å². The maximum Gasteiger partial charge on any atom is 0.0950 e. The van der Waals surface area contributed by atoms with Crippen LogP contribution in [0.5, 0.6) is 0 Å². The van der Waals surface area contributed by atoms with Gasteiger partial charge in [0.1, 0.15) is 0 Å². The van der Waals surface area contributed by atoms with E-state index in [2.05, 4.69) is 0 Å². The van der Waals surface area contributed by atoms with Gasteiger partial charge >= 0.3 is 0 Å². The summed E-state index contributed by atoms with van der Waals surface area (Å²) in [5.74, 6) is 0. The zero-order chi connectivity index (χ0) is 11.4. The molecule has 0 spiro atoms. The lowest BCUT2D eigenvalue weighted by Gasteiger charge is -2.06. The highest BCUT2D eigenvalue weighted by Crippen LogP contribution is 1.89. The van der Waals surface area contributed by atoms with Gasteiger partial charge in [0.05, 0.1) is 25.3 Å². The first-order valence-electron chi connectivity index (χ1n) is 5.11. The molecule has 0 rings (SSSR count). The Hall–Kier alpha value is -0.670. The zero-order valence-electron chi connectivity index (χ0n) is 9.28. The van der Waals surface area contributed by atoms with Gasteiger partial charge in [-0.05, 0) is 12.8 Å². The Morgan fingerprint density at radius 2 is 1.80 bits per heavy atom. The van der Waals surface area contributed by atoms with Gasteiger partial charge in [-0.25, -0.2) is 0 Å². The summed E-state index contributed by atoms with van der Waals surface area (Å²) in [5, 5.41) is 8.39. The molecule has 0 aliphatic heterocycles. The summed E-state index contributed by atoms with van der Waals surface area (Å²) in [7, 11) is 1.67. The standard InChI is InChI=1S/C10H20N2O3/c1-13-4-2-5-14-7-8-15-6-3-10(12)9-11/h10H,2-8,12H2,1H3. The largest absolute Gasteiger partial charge is 0.385 e. The molecule has 1 atom stereocenters. The van der Waals surface area contributed by atoms with Crippen LogP contribution in [-0.2, 0) is 14.2 Å². The monoisotopic (exact) mass is 216 g/mol. The van der Waals surface area contributed by atoms with E-state index in [-0.39, 0.29) is 0 Å². The molecular weight excluding hydrogens is 196 g/mol. The van der Waals surface area contributed by atoms with E-state index in [1.165, 1.54) is 0 Å². The number of nitriles is 1. The van der Waals surface area contributed by atoms with Gasteiger partial charge in [0.15, 0.2) is 0 Å². The molecule has 0 heterocycles. The molecule has 0 aromatic rings. The van der Waals surface area contributed by atoms with Gasteiger partial charge in [-0.1, -0.05) is 0 Å². The van der Waals surface area contributed by atoms with Gasteiger partial charge in [-0.2, -0.15) is 5.26 Å². The third-order valence-electron chi connectivity index (χ3n) is 1.75. The average molecular weight is 216 g/mol. The van der Waals surface area contributed by atoms with Crippen molar-refractivity contribution in [3.8, 4) is 6.07 Å². The molecule has 0 radical (unpaired) electrons. The molecule has 1 unspecified atom stereocenters. The van der Waals surface area contributed by atoms with Gasteiger partial charge in [0.2, 0.25) is 0 Å². The van der Waals surface area contributed by atoms with E-state index in [9.17, 15) is 0 Å². The van der Waals surface area contributed by atoms with Crippen LogP contribution in [0.4, 0.5) is 0 Å². The second-order valence-electron chi connectivity index (χ2n) is 3.10. The molecule has 5 nitrogen and oxygen atoms in total. The van der Waals surface area contributed by atoms with E-state index < -0.39 is 6.04 Å². The van der Waals surface area contributed by atoms with E-state index in [0.717, 1.165) is 13.0 Å². The highest BCUT2D eigenvalue weighted by molar-refractivity contribution is 4.85. The summed E-state index contributed by atoms with van der Waals surface area (Å²) in [6.45, 7) is 3.04. The van der Waals surface area contributed by atoms with Crippen molar-refractivity contribution >= 4 is 0 Å². The van der Waals surface area contributed by atoms with Crippen molar-refractivity contribution in [2.75, 3.05) is 40.1 Å².